The second-order valence-corrected chi connectivity index (χ2v) is 7.54. The van der Waals surface area contributed by atoms with Gasteiger partial charge in [-0.05, 0) is 67.5 Å². The van der Waals surface area contributed by atoms with Gasteiger partial charge in [-0.2, -0.15) is 0 Å². The summed E-state index contributed by atoms with van der Waals surface area (Å²) in [7, 11) is 0. The van der Waals surface area contributed by atoms with Crippen LogP contribution in [0, 0.1) is 18.3 Å². The van der Waals surface area contributed by atoms with Crippen molar-refractivity contribution in [2.45, 2.75) is 32.6 Å². The molecule has 1 aliphatic rings. The van der Waals surface area contributed by atoms with Crippen molar-refractivity contribution in [1.29, 1.82) is 0 Å². The summed E-state index contributed by atoms with van der Waals surface area (Å²) >= 11 is 0. The second-order valence-electron chi connectivity index (χ2n) is 7.54. The maximum absolute atomic E-state index is 12.6. The van der Waals surface area contributed by atoms with E-state index in [1.54, 1.807) is 24.3 Å². The molecule has 0 bridgehead atoms. The first-order chi connectivity index (χ1) is 15.0. The highest BCUT2D eigenvalue weighted by atomic mass is 16.5. The molecule has 6 heteroatoms. The number of rotatable bonds is 7. The van der Waals surface area contributed by atoms with E-state index in [4.69, 9.17) is 16.9 Å². The summed E-state index contributed by atoms with van der Waals surface area (Å²) in [5.41, 5.74) is 10.3. The SMILES string of the molecule is C#CCN=C(N)c1ccc(C(=O)Nc2ccc3c(c2)CCC(CC(=O)OCC)C3)cc1. The number of carbonyl (C=O) groups is 2. The standard InChI is InChI=1S/C25H27N3O3/c1-3-13-27-24(26)18-7-9-19(10-8-18)25(30)28-22-12-11-20-14-17(5-6-21(20)16-22)15-23(29)31-4-2/h1,7-12,16-17H,4-6,13-15H2,2H3,(H2,26,27)(H,28,30). The summed E-state index contributed by atoms with van der Waals surface area (Å²) in [4.78, 5) is 28.4. The molecule has 0 saturated heterocycles. The van der Waals surface area contributed by atoms with Crippen LogP contribution in [0.4, 0.5) is 5.69 Å². The van der Waals surface area contributed by atoms with Gasteiger partial charge < -0.3 is 15.8 Å². The Labute approximate surface area is 182 Å². The Hall–Kier alpha value is -3.59. The number of amides is 1. The average Bonchev–Trinajstić information content (AvgIpc) is 2.77. The maximum Gasteiger partial charge on any atom is 0.306 e. The summed E-state index contributed by atoms with van der Waals surface area (Å²) in [5.74, 6) is 2.74. The van der Waals surface area contributed by atoms with Gasteiger partial charge in [0.05, 0.1) is 6.61 Å². The highest BCUT2D eigenvalue weighted by Crippen LogP contribution is 2.30. The van der Waals surface area contributed by atoms with Crippen LogP contribution in [0.25, 0.3) is 0 Å². The molecule has 1 aliphatic carbocycles. The van der Waals surface area contributed by atoms with E-state index >= 15 is 0 Å². The van der Waals surface area contributed by atoms with Gasteiger partial charge in [0, 0.05) is 23.2 Å². The van der Waals surface area contributed by atoms with E-state index in [-0.39, 0.29) is 18.4 Å². The van der Waals surface area contributed by atoms with Crippen LogP contribution in [0.15, 0.2) is 47.5 Å². The zero-order chi connectivity index (χ0) is 22.2. The molecule has 2 aromatic carbocycles. The summed E-state index contributed by atoms with van der Waals surface area (Å²) < 4.78 is 5.07. The van der Waals surface area contributed by atoms with Crippen molar-refractivity contribution in [3.63, 3.8) is 0 Å². The van der Waals surface area contributed by atoms with Gasteiger partial charge in [-0.15, -0.1) is 6.42 Å². The van der Waals surface area contributed by atoms with Gasteiger partial charge in [0.2, 0.25) is 0 Å². The molecule has 2 aromatic rings. The van der Waals surface area contributed by atoms with Crippen molar-refractivity contribution in [3.05, 3.63) is 64.7 Å². The number of hydrogen-bond acceptors (Lipinski definition) is 4. The van der Waals surface area contributed by atoms with Gasteiger partial charge in [0.15, 0.2) is 0 Å². The van der Waals surface area contributed by atoms with Gasteiger partial charge in [-0.3, -0.25) is 14.6 Å². The van der Waals surface area contributed by atoms with E-state index in [2.05, 4.69) is 16.2 Å². The number of terminal acetylenes is 1. The highest BCUT2D eigenvalue weighted by Gasteiger charge is 2.22. The van der Waals surface area contributed by atoms with Crippen molar-refractivity contribution in [3.8, 4) is 12.3 Å². The molecular formula is C25H27N3O3. The molecule has 6 nitrogen and oxygen atoms in total. The van der Waals surface area contributed by atoms with Gasteiger partial charge in [0.25, 0.3) is 5.91 Å². The number of aliphatic imine (C=N–C) groups is 1. The van der Waals surface area contributed by atoms with Gasteiger partial charge in [-0.1, -0.05) is 24.1 Å². The topological polar surface area (TPSA) is 93.8 Å². The minimum Gasteiger partial charge on any atom is -0.466 e. The van der Waals surface area contributed by atoms with Gasteiger partial charge in [-0.25, -0.2) is 0 Å². The lowest BCUT2D eigenvalue weighted by Crippen LogP contribution is -2.19. The zero-order valence-corrected chi connectivity index (χ0v) is 17.7. The fraction of sp³-hybridized carbons (Fsp3) is 0.320. The lowest BCUT2D eigenvalue weighted by Gasteiger charge is -2.24. The number of aryl methyl sites for hydroxylation is 1. The quantitative estimate of drug-likeness (QED) is 0.313. The molecule has 0 fully saturated rings. The molecule has 0 aromatic heterocycles. The van der Waals surface area contributed by atoms with E-state index in [1.165, 1.54) is 11.1 Å². The first-order valence-electron chi connectivity index (χ1n) is 10.4. The van der Waals surface area contributed by atoms with Crippen LogP contribution >= 0.6 is 0 Å². The third-order valence-electron chi connectivity index (χ3n) is 5.34. The molecular weight excluding hydrogens is 390 g/mol. The maximum atomic E-state index is 12.6. The second kappa shape index (κ2) is 10.4. The zero-order valence-electron chi connectivity index (χ0n) is 17.7. The summed E-state index contributed by atoms with van der Waals surface area (Å²) in [6, 6.07) is 12.9. The lowest BCUT2D eigenvalue weighted by molar-refractivity contribution is -0.144. The Morgan fingerprint density at radius 2 is 1.94 bits per heavy atom. The third kappa shape index (κ3) is 5.95. The number of carbonyl (C=O) groups excluding carboxylic acids is 2. The van der Waals surface area contributed by atoms with Crippen molar-refractivity contribution >= 4 is 23.4 Å². The number of nitrogens with two attached hydrogens (primary N) is 1. The van der Waals surface area contributed by atoms with Crippen LogP contribution in [-0.2, 0) is 22.4 Å². The van der Waals surface area contributed by atoms with E-state index in [9.17, 15) is 9.59 Å². The Morgan fingerprint density at radius 3 is 2.65 bits per heavy atom. The van der Waals surface area contributed by atoms with Crippen molar-refractivity contribution in [2.75, 3.05) is 18.5 Å². The van der Waals surface area contributed by atoms with Crippen LogP contribution in [0.2, 0.25) is 0 Å². The molecule has 31 heavy (non-hydrogen) atoms. The molecule has 3 rings (SSSR count). The van der Waals surface area contributed by atoms with E-state index in [0.717, 1.165) is 30.5 Å². The molecule has 3 N–H and O–H groups in total. The lowest BCUT2D eigenvalue weighted by atomic mass is 9.82. The van der Waals surface area contributed by atoms with E-state index < -0.39 is 0 Å². The van der Waals surface area contributed by atoms with Crippen LogP contribution in [0.5, 0.6) is 0 Å². The number of fused-ring (bicyclic) bond motifs is 1. The molecule has 1 unspecified atom stereocenters. The third-order valence-corrected chi connectivity index (χ3v) is 5.34. The average molecular weight is 418 g/mol. The Balaban J connectivity index is 1.62. The van der Waals surface area contributed by atoms with Crippen molar-refractivity contribution in [1.82, 2.24) is 0 Å². The van der Waals surface area contributed by atoms with Gasteiger partial charge in [0.1, 0.15) is 12.4 Å². The minimum atomic E-state index is -0.193. The molecule has 0 radical (unpaired) electrons. The molecule has 0 aliphatic heterocycles. The first-order valence-corrected chi connectivity index (χ1v) is 10.4. The molecule has 0 heterocycles. The number of hydrogen-bond donors (Lipinski definition) is 2. The minimum absolute atomic E-state index is 0.130. The fourth-order valence-corrected chi connectivity index (χ4v) is 3.76. The fourth-order valence-electron chi connectivity index (χ4n) is 3.76. The number of ether oxygens (including phenoxy) is 1. The smallest absolute Gasteiger partial charge is 0.306 e. The number of esters is 1. The Kier molecular flexibility index (Phi) is 7.45. The van der Waals surface area contributed by atoms with Crippen molar-refractivity contribution < 1.29 is 14.3 Å². The summed E-state index contributed by atoms with van der Waals surface area (Å²) in [6.07, 6.45) is 8.32. The van der Waals surface area contributed by atoms with Crippen molar-refractivity contribution in [2.24, 2.45) is 16.6 Å². The summed E-state index contributed by atoms with van der Waals surface area (Å²) in [5, 5.41) is 2.95. The number of nitrogens with one attached hydrogen (secondary N) is 1. The molecule has 1 atom stereocenters. The molecule has 0 saturated carbocycles. The molecule has 1 amide bonds. The predicted molar refractivity (Wildman–Crippen MR) is 122 cm³/mol. The predicted octanol–water partition coefficient (Wildman–Crippen LogP) is 3.34. The monoisotopic (exact) mass is 417 g/mol. The normalized spacial score (nSPS) is 15.5. The number of anilines is 1. The van der Waals surface area contributed by atoms with E-state index in [0.29, 0.717) is 30.3 Å². The van der Waals surface area contributed by atoms with E-state index in [1.807, 2.05) is 25.1 Å². The van der Waals surface area contributed by atoms with Crippen LogP contribution in [-0.4, -0.2) is 30.9 Å². The molecule has 0 spiro atoms. The van der Waals surface area contributed by atoms with Crippen LogP contribution in [0.1, 0.15) is 46.8 Å². The molecule has 160 valence electrons. The number of benzene rings is 2. The number of nitrogens with zero attached hydrogens (tertiary/aromatic N) is 1. The Bertz CT molecular complexity index is 1020. The van der Waals surface area contributed by atoms with Gasteiger partial charge >= 0.3 is 5.97 Å². The number of amidine groups is 1. The first kappa shape index (κ1) is 22.1. The summed E-state index contributed by atoms with van der Waals surface area (Å²) in [6.45, 7) is 2.46. The largest absolute Gasteiger partial charge is 0.466 e. The van der Waals surface area contributed by atoms with Crippen LogP contribution < -0.4 is 11.1 Å². The Morgan fingerprint density at radius 1 is 1.19 bits per heavy atom. The van der Waals surface area contributed by atoms with Crippen LogP contribution in [0.3, 0.4) is 0 Å². The highest BCUT2D eigenvalue weighted by molar-refractivity contribution is 6.05.